The molecule has 0 radical (unpaired) electrons. The largest absolute Gasteiger partial charge is 0.494 e. The van der Waals surface area contributed by atoms with E-state index in [0.717, 1.165) is 11.8 Å². The molecule has 3 N–H and O–H groups in total. The summed E-state index contributed by atoms with van der Waals surface area (Å²) in [7, 11) is -2.48. The number of amides is 4. The molecular formula is C43H59N5O10S. The van der Waals surface area contributed by atoms with Crippen molar-refractivity contribution in [1.82, 2.24) is 25.2 Å². The van der Waals surface area contributed by atoms with E-state index in [9.17, 15) is 22.8 Å². The summed E-state index contributed by atoms with van der Waals surface area (Å²) >= 11 is 0. The van der Waals surface area contributed by atoms with Crippen molar-refractivity contribution in [3.8, 4) is 11.6 Å². The Morgan fingerprint density at radius 1 is 1.10 bits per heavy atom. The number of rotatable bonds is 11. The lowest BCUT2D eigenvalue weighted by atomic mass is 9.87. The van der Waals surface area contributed by atoms with Crippen molar-refractivity contribution < 1.29 is 46.5 Å². The zero-order chi connectivity index (χ0) is 42.3. The van der Waals surface area contributed by atoms with Crippen LogP contribution in [0.25, 0.3) is 10.8 Å². The van der Waals surface area contributed by atoms with Crippen LogP contribution >= 0.6 is 0 Å². The number of ether oxygens (including phenoxy) is 4. The average molecular weight is 838 g/mol. The van der Waals surface area contributed by atoms with E-state index in [0.29, 0.717) is 55.5 Å². The van der Waals surface area contributed by atoms with Gasteiger partial charge in [0.1, 0.15) is 29.5 Å². The van der Waals surface area contributed by atoms with E-state index >= 15 is 4.79 Å². The van der Waals surface area contributed by atoms with Crippen LogP contribution in [0.3, 0.4) is 0 Å². The summed E-state index contributed by atoms with van der Waals surface area (Å²) in [6.07, 6.45) is 8.21. The Labute approximate surface area is 346 Å². The van der Waals surface area contributed by atoms with Gasteiger partial charge in [-0.25, -0.2) is 18.2 Å². The van der Waals surface area contributed by atoms with E-state index in [1.54, 1.807) is 13.3 Å². The molecule has 4 heterocycles. The number of sulfonamides is 1. The number of fused-ring (bicyclic) bond motifs is 3. The van der Waals surface area contributed by atoms with Crippen molar-refractivity contribution in [2.24, 2.45) is 23.7 Å². The van der Waals surface area contributed by atoms with Crippen LogP contribution in [-0.2, 0) is 33.9 Å². The van der Waals surface area contributed by atoms with Crippen molar-refractivity contribution in [3.63, 3.8) is 0 Å². The highest BCUT2D eigenvalue weighted by Gasteiger charge is 2.63. The summed E-state index contributed by atoms with van der Waals surface area (Å²) in [5.74, 6) is -1.78. The van der Waals surface area contributed by atoms with Gasteiger partial charge in [0.05, 0.1) is 37.8 Å². The highest BCUT2D eigenvalue weighted by atomic mass is 32.2. The van der Waals surface area contributed by atoms with Gasteiger partial charge in [-0.2, -0.15) is 0 Å². The number of hydrogen-bond donors (Lipinski definition) is 3. The fourth-order valence-corrected chi connectivity index (χ4v) is 10.9. The Kier molecular flexibility index (Phi) is 12.0. The van der Waals surface area contributed by atoms with E-state index in [4.69, 9.17) is 18.9 Å². The summed E-state index contributed by atoms with van der Waals surface area (Å²) in [6.45, 7) is 10.3. The first-order valence-corrected chi connectivity index (χ1v) is 22.6. The molecule has 7 atom stereocenters. The zero-order valence-corrected chi connectivity index (χ0v) is 35.8. The molecule has 1 aromatic carbocycles. The minimum atomic E-state index is -4.03. The van der Waals surface area contributed by atoms with Gasteiger partial charge in [-0.3, -0.25) is 19.1 Å². The molecule has 1 aromatic heterocycles. The molecule has 5 aliphatic rings. The SMILES string of the molecule is CCCC1(S(=O)(=O)NC(=O)[C@@]23C[C@H]2/C=C\CC[C@@H](C)C[C@@H](C)[C@H](NC(=O)OC2(C(C)C)COC2)C(=O)N2C[C@H](Oc4ncc(OC)c5ccccc45)C[C@H]2C(=O)N3)CC1. The number of hydrogen-bond acceptors (Lipinski definition) is 11. The summed E-state index contributed by atoms with van der Waals surface area (Å²) < 4.78 is 52.0. The van der Waals surface area contributed by atoms with Crippen molar-refractivity contribution in [2.45, 2.75) is 126 Å². The molecule has 4 amide bonds. The standard InChI is InChI=1S/C43H59N5O10S/c1-7-16-41(17-18-41)59(53,54)47-39(51)43-21-29(43)13-9-8-12-27(4)19-28(5)35(45-40(52)58-42(26(2)3)24-56-25-42)38(50)48-23-30(20-33(48)36(49)46-43)57-37-32-15-11-10-14-31(32)34(55-6)22-44-37/h9-11,13-15,22,26-30,33,35H,7-8,12,16-21,23-25H2,1-6H3,(H,45,52)(H,46,49)(H,47,51)/b13-9-/t27-,28-,29-,30-,33+,35+,43-/m1/s1. The van der Waals surface area contributed by atoms with Crippen LogP contribution in [0, 0.1) is 23.7 Å². The van der Waals surface area contributed by atoms with Gasteiger partial charge in [0.25, 0.3) is 5.91 Å². The number of methoxy groups -OCH3 is 1. The fourth-order valence-electron chi connectivity index (χ4n) is 9.09. The number of aromatic nitrogens is 1. The van der Waals surface area contributed by atoms with Gasteiger partial charge in [0, 0.05) is 23.1 Å². The molecule has 3 aliphatic heterocycles. The highest BCUT2D eigenvalue weighted by molar-refractivity contribution is 7.91. The van der Waals surface area contributed by atoms with Crippen molar-refractivity contribution >= 4 is 44.6 Å². The molecule has 0 bridgehead atoms. The molecule has 4 fully saturated rings. The van der Waals surface area contributed by atoms with Gasteiger partial charge in [-0.15, -0.1) is 0 Å². The molecule has 322 valence electrons. The molecule has 2 aromatic rings. The molecule has 2 saturated carbocycles. The number of carbonyl (C=O) groups is 4. The number of alkyl carbamates (subject to hydrolysis) is 1. The maximum Gasteiger partial charge on any atom is 0.408 e. The van der Waals surface area contributed by atoms with Crippen molar-refractivity contribution in [2.75, 3.05) is 26.9 Å². The Balaban J connectivity index is 1.22. The van der Waals surface area contributed by atoms with E-state index in [-0.39, 0.29) is 50.4 Å². The van der Waals surface area contributed by atoms with Gasteiger partial charge in [-0.1, -0.05) is 71.4 Å². The lowest BCUT2D eigenvalue weighted by molar-refractivity contribution is -0.200. The van der Waals surface area contributed by atoms with Gasteiger partial charge >= 0.3 is 6.09 Å². The lowest BCUT2D eigenvalue weighted by Gasteiger charge is -2.44. The Bertz CT molecular complexity index is 2080. The number of nitrogens with one attached hydrogen (secondary N) is 3. The Morgan fingerprint density at radius 2 is 1.83 bits per heavy atom. The Hall–Kier alpha value is -4.44. The number of benzene rings is 1. The fraction of sp³-hybridized carbons (Fsp3) is 0.651. The van der Waals surface area contributed by atoms with Crippen molar-refractivity contribution in [3.05, 3.63) is 42.6 Å². The molecule has 2 aliphatic carbocycles. The molecule has 2 saturated heterocycles. The number of allylic oxidation sites excluding steroid dienone is 1. The zero-order valence-electron chi connectivity index (χ0n) is 35.0. The van der Waals surface area contributed by atoms with E-state index in [2.05, 4.69) is 27.3 Å². The van der Waals surface area contributed by atoms with Crippen LogP contribution in [-0.4, -0.2) is 103 Å². The van der Waals surface area contributed by atoms with Gasteiger partial charge in [0.15, 0.2) is 5.60 Å². The molecular weight excluding hydrogens is 779 g/mol. The minimum Gasteiger partial charge on any atom is -0.494 e. The second-order valence-electron chi connectivity index (χ2n) is 17.8. The minimum absolute atomic E-state index is 0.0319. The quantitative estimate of drug-likeness (QED) is 0.264. The molecule has 0 spiro atoms. The monoisotopic (exact) mass is 837 g/mol. The van der Waals surface area contributed by atoms with Gasteiger partial charge in [-0.05, 0) is 68.8 Å². The lowest BCUT2D eigenvalue weighted by Crippen LogP contribution is -2.61. The third-order valence-electron chi connectivity index (χ3n) is 13.3. The first-order valence-electron chi connectivity index (χ1n) is 21.1. The Morgan fingerprint density at radius 3 is 2.47 bits per heavy atom. The predicted molar refractivity (Wildman–Crippen MR) is 219 cm³/mol. The average Bonchev–Trinajstić information content (AvgIpc) is 4.08. The van der Waals surface area contributed by atoms with Crippen LogP contribution in [0.15, 0.2) is 42.6 Å². The topological polar surface area (TPSA) is 192 Å². The van der Waals surface area contributed by atoms with E-state index < -0.39 is 73.8 Å². The summed E-state index contributed by atoms with van der Waals surface area (Å²) in [4.78, 5) is 63.5. The second kappa shape index (κ2) is 16.5. The third-order valence-corrected chi connectivity index (χ3v) is 15.5. The van der Waals surface area contributed by atoms with E-state index in [1.165, 1.54) is 4.90 Å². The number of nitrogens with zero attached hydrogens (tertiary/aromatic N) is 2. The molecule has 59 heavy (non-hydrogen) atoms. The van der Waals surface area contributed by atoms with Crippen LogP contribution in [0.1, 0.15) is 92.4 Å². The van der Waals surface area contributed by atoms with Crippen LogP contribution in [0.5, 0.6) is 11.6 Å². The smallest absolute Gasteiger partial charge is 0.408 e. The molecule has 0 unspecified atom stereocenters. The molecule has 15 nitrogen and oxygen atoms in total. The van der Waals surface area contributed by atoms with Crippen LogP contribution in [0.2, 0.25) is 0 Å². The van der Waals surface area contributed by atoms with Gasteiger partial charge < -0.3 is 34.5 Å². The molecule has 7 rings (SSSR count). The number of carbonyl (C=O) groups excluding carboxylic acids is 4. The summed E-state index contributed by atoms with van der Waals surface area (Å²) in [5.41, 5.74) is -2.36. The highest BCUT2D eigenvalue weighted by Crippen LogP contribution is 2.49. The summed E-state index contributed by atoms with van der Waals surface area (Å²) in [5, 5.41) is 7.28. The number of pyridine rings is 1. The van der Waals surface area contributed by atoms with Crippen molar-refractivity contribution in [1.29, 1.82) is 0 Å². The van der Waals surface area contributed by atoms with Gasteiger partial charge in [0.2, 0.25) is 27.7 Å². The van der Waals surface area contributed by atoms with E-state index in [1.807, 2.05) is 64.1 Å². The first-order chi connectivity index (χ1) is 28.1. The predicted octanol–water partition coefficient (Wildman–Crippen LogP) is 4.78. The summed E-state index contributed by atoms with van der Waals surface area (Å²) in [6, 6.07) is 5.23. The maximum atomic E-state index is 15.0. The first kappa shape index (κ1) is 42.7. The second-order valence-corrected chi connectivity index (χ2v) is 19.9. The normalized spacial score (nSPS) is 30.7. The van der Waals surface area contributed by atoms with Crippen LogP contribution in [0.4, 0.5) is 4.79 Å². The molecule has 16 heteroatoms. The third kappa shape index (κ3) is 8.35. The maximum absolute atomic E-state index is 15.0. The van der Waals surface area contributed by atoms with Crippen LogP contribution < -0.4 is 24.8 Å².